The molecule has 0 aliphatic heterocycles. The molecule has 0 atom stereocenters. The highest BCUT2D eigenvalue weighted by Gasteiger charge is 1.93. The molecule has 96 valence electrons. The van der Waals surface area contributed by atoms with E-state index in [1.807, 2.05) is 31.2 Å². The molecule has 0 saturated carbocycles. The van der Waals surface area contributed by atoms with Gasteiger partial charge < -0.3 is 4.42 Å². The number of amides is 1. The number of carbonyl (C=O) groups excluding carboxylic acids is 1. The molecule has 0 bridgehead atoms. The van der Waals surface area contributed by atoms with Crippen LogP contribution in [-0.2, 0) is 4.79 Å². The summed E-state index contributed by atoms with van der Waals surface area (Å²) < 4.78 is 5.04. The summed E-state index contributed by atoms with van der Waals surface area (Å²) in [6.07, 6.45) is 6.15. The van der Waals surface area contributed by atoms with Crippen LogP contribution >= 0.6 is 0 Å². The average Bonchev–Trinajstić information content (AvgIpc) is 2.91. The number of benzene rings is 1. The second-order valence-electron chi connectivity index (χ2n) is 3.99. The lowest BCUT2D eigenvalue weighted by Gasteiger charge is -1.95. The Labute approximate surface area is 111 Å². The van der Waals surface area contributed by atoms with E-state index in [1.54, 1.807) is 24.5 Å². The van der Waals surface area contributed by atoms with E-state index in [9.17, 15) is 4.79 Å². The summed E-state index contributed by atoms with van der Waals surface area (Å²) in [6, 6.07) is 11.4. The van der Waals surface area contributed by atoms with Gasteiger partial charge in [0, 0.05) is 6.08 Å². The standard InChI is InChI=1S/C15H14N2O2/c1-12-4-6-13(7-5-12)8-9-15(18)17-16-11-14-3-2-10-19-14/h2-11H,1H3,(H,17,18). The van der Waals surface area contributed by atoms with Gasteiger partial charge in [0.05, 0.1) is 12.5 Å². The molecule has 0 saturated heterocycles. The Morgan fingerprint density at radius 2 is 2.05 bits per heavy atom. The second kappa shape index (κ2) is 6.35. The quantitative estimate of drug-likeness (QED) is 0.518. The van der Waals surface area contributed by atoms with Gasteiger partial charge in [-0.1, -0.05) is 29.8 Å². The number of nitrogens with zero attached hydrogens (tertiary/aromatic N) is 1. The molecule has 4 nitrogen and oxygen atoms in total. The molecule has 0 spiro atoms. The molecule has 1 heterocycles. The Balaban J connectivity index is 1.85. The summed E-state index contributed by atoms with van der Waals surface area (Å²) >= 11 is 0. The SMILES string of the molecule is Cc1ccc(C=CC(=O)NN=Cc2ccco2)cc1. The molecule has 1 aromatic heterocycles. The zero-order valence-corrected chi connectivity index (χ0v) is 10.5. The van der Waals surface area contributed by atoms with Gasteiger partial charge in [-0.25, -0.2) is 5.43 Å². The molecular weight excluding hydrogens is 240 g/mol. The van der Waals surface area contributed by atoms with Crippen LogP contribution in [0.25, 0.3) is 6.08 Å². The van der Waals surface area contributed by atoms with E-state index in [0.29, 0.717) is 5.76 Å². The third-order valence-corrected chi connectivity index (χ3v) is 2.41. The molecule has 0 unspecified atom stereocenters. The van der Waals surface area contributed by atoms with Gasteiger partial charge >= 0.3 is 0 Å². The Hall–Kier alpha value is -2.62. The van der Waals surface area contributed by atoms with Crippen molar-refractivity contribution in [2.75, 3.05) is 0 Å². The Bertz CT molecular complexity index is 581. The van der Waals surface area contributed by atoms with Crippen molar-refractivity contribution < 1.29 is 9.21 Å². The van der Waals surface area contributed by atoms with Crippen LogP contribution in [0.5, 0.6) is 0 Å². The number of hydrazone groups is 1. The van der Waals surface area contributed by atoms with E-state index in [0.717, 1.165) is 5.56 Å². The highest BCUT2D eigenvalue weighted by molar-refractivity contribution is 5.92. The molecule has 1 N–H and O–H groups in total. The van der Waals surface area contributed by atoms with Gasteiger partial charge in [-0.2, -0.15) is 5.10 Å². The maximum Gasteiger partial charge on any atom is 0.264 e. The second-order valence-corrected chi connectivity index (χ2v) is 3.99. The van der Waals surface area contributed by atoms with Crippen LogP contribution in [-0.4, -0.2) is 12.1 Å². The first-order valence-electron chi connectivity index (χ1n) is 5.85. The largest absolute Gasteiger partial charge is 0.463 e. The summed E-state index contributed by atoms with van der Waals surface area (Å²) in [5.41, 5.74) is 4.54. The zero-order valence-electron chi connectivity index (χ0n) is 10.5. The van der Waals surface area contributed by atoms with E-state index < -0.39 is 0 Å². The van der Waals surface area contributed by atoms with Crippen LogP contribution in [0.4, 0.5) is 0 Å². The predicted molar refractivity (Wildman–Crippen MR) is 74.7 cm³/mol. The topological polar surface area (TPSA) is 54.6 Å². The first-order valence-corrected chi connectivity index (χ1v) is 5.85. The van der Waals surface area contributed by atoms with Crippen LogP contribution in [0.3, 0.4) is 0 Å². The van der Waals surface area contributed by atoms with Crippen LogP contribution < -0.4 is 5.43 Å². The summed E-state index contributed by atoms with van der Waals surface area (Å²) in [6.45, 7) is 2.02. The monoisotopic (exact) mass is 254 g/mol. The Morgan fingerprint density at radius 3 is 2.74 bits per heavy atom. The van der Waals surface area contributed by atoms with Gasteiger partial charge in [0.1, 0.15) is 5.76 Å². The van der Waals surface area contributed by atoms with E-state index in [-0.39, 0.29) is 5.91 Å². The molecule has 1 aromatic carbocycles. The minimum Gasteiger partial charge on any atom is -0.463 e. The number of hydrogen-bond donors (Lipinski definition) is 1. The fraction of sp³-hybridized carbons (Fsp3) is 0.0667. The first kappa shape index (κ1) is 12.8. The predicted octanol–water partition coefficient (Wildman–Crippen LogP) is 2.75. The molecule has 4 heteroatoms. The zero-order chi connectivity index (χ0) is 13.5. The van der Waals surface area contributed by atoms with E-state index in [4.69, 9.17) is 4.42 Å². The molecular formula is C15H14N2O2. The van der Waals surface area contributed by atoms with Crippen molar-refractivity contribution in [1.29, 1.82) is 0 Å². The molecule has 0 fully saturated rings. The van der Waals surface area contributed by atoms with Gasteiger partial charge in [0.15, 0.2) is 0 Å². The van der Waals surface area contributed by atoms with Crippen molar-refractivity contribution in [2.24, 2.45) is 5.10 Å². The fourth-order valence-electron chi connectivity index (χ4n) is 1.41. The summed E-state index contributed by atoms with van der Waals surface area (Å²) in [7, 11) is 0. The van der Waals surface area contributed by atoms with Crippen LogP contribution in [0.2, 0.25) is 0 Å². The molecule has 0 radical (unpaired) electrons. The minimum absolute atomic E-state index is 0.289. The summed E-state index contributed by atoms with van der Waals surface area (Å²) in [5.74, 6) is 0.297. The van der Waals surface area contributed by atoms with Crippen LogP contribution in [0, 0.1) is 6.92 Å². The lowest BCUT2D eigenvalue weighted by molar-refractivity contribution is -0.116. The third-order valence-electron chi connectivity index (χ3n) is 2.41. The molecule has 19 heavy (non-hydrogen) atoms. The lowest BCUT2D eigenvalue weighted by Crippen LogP contribution is -2.13. The van der Waals surface area contributed by atoms with E-state index in [1.165, 1.54) is 17.9 Å². The van der Waals surface area contributed by atoms with Gasteiger partial charge in [0.25, 0.3) is 5.91 Å². The number of rotatable bonds is 4. The van der Waals surface area contributed by atoms with E-state index >= 15 is 0 Å². The van der Waals surface area contributed by atoms with Crippen LogP contribution in [0.1, 0.15) is 16.9 Å². The Kier molecular flexibility index (Phi) is 4.29. The maximum atomic E-state index is 11.5. The molecule has 0 aliphatic rings. The van der Waals surface area contributed by atoms with Crippen molar-refractivity contribution >= 4 is 18.2 Å². The molecule has 0 aliphatic carbocycles. The van der Waals surface area contributed by atoms with Crippen molar-refractivity contribution in [2.45, 2.75) is 6.92 Å². The average molecular weight is 254 g/mol. The van der Waals surface area contributed by atoms with E-state index in [2.05, 4.69) is 10.5 Å². The number of nitrogens with one attached hydrogen (secondary N) is 1. The highest BCUT2D eigenvalue weighted by Crippen LogP contribution is 2.04. The van der Waals surface area contributed by atoms with Gasteiger partial charge in [0.2, 0.25) is 0 Å². The van der Waals surface area contributed by atoms with Crippen molar-refractivity contribution in [3.63, 3.8) is 0 Å². The van der Waals surface area contributed by atoms with Gasteiger partial charge in [-0.3, -0.25) is 4.79 Å². The molecule has 2 aromatic rings. The third kappa shape index (κ3) is 4.27. The lowest BCUT2D eigenvalue weighted by atomic mass is 10.1. The number of aryl methyl sites for hydroxylation is 1. The molecule has 1 amide bonds. The van der Waals surface area contributed by atoms with Crippen molar-refractivity contribution in [3.05, 3.63) is 65.6 Å². The smallest absolute Gasteiger partial charge is 0.264 e. The summed E-state index contributed by atoms with van der Waals surface area (Å²) in [5, 5.41) is 3.77. The first-order chi connectivity index (χ1) is 9.24. The maximum absolute atomic E-state index is 11.5. The minimum atomic E-state index is -0.289. The molecule has 2 rings (SSSR count). The fourth-order valence-corrected chi connectivity index (χ4v) is 1.41. The van der Waals surface area contributed by atoms with Crippen LogP contribution in [0.15, 0.2) is 58.3 Å². The number of carbonyl (C=O) groups is 1. The van der Waals surface area contributed by atoms with Crippen molar-refractivity contribution in [1.82, 2.24) is 5.43 Å². The Morgan fingerprint density at radius 1 is 1.26 bits per heavy atom. The normalized spacial score (nSPS) is 11.2. The van der Waals surface area contributed by atoms with Crippen molar-refractivity contribution in [3.8, 4) is 0 Å². The highest BCUT2D eigenvalue weighted by atomic mass is 16.3. The van der Waals surface area contributed by atoms with Gasteiger partial charge in [-0.05, 0) is 30.7 Å². The summed E-state index contributed by atoms with van der Waals surface area (Å²) in [4.78, 5) is 11.5. The number of hydrogen-bond acceptors (Lipinski definition) is 3. The number of furan rings is 1. The van der Waals surface area contributed by atoms with Gasteiger partial charge in [-0.15, -0.1) is 0 Å².